The lowest BCUT2D eigenvalue weighted by Crippen LogP contribution is -2.27. The number of fused-ring (bicyclic) bond motifs is 1. The molecule has 3 rings (SSSR count). The second-order valence-corrected chi connectivity index (χ2v) is 6.25. The summed E-state index contributed by atoms with van der Waals surface area (Å²) in [5.74, 6) is 0.428. The summed E-state index contributed by atoms with van der Waals surface area (Å²) in [5, 5.41) is 12.3. The summed E-state index contributed by atoms with van der Waals surface area (Å²) in [6.07, 6.45) is 0.880. The molecule has 0 saturated heterocycles. The van der Waals surface area contributed by atoms with E-state index in [9.17, 15) is 10.1 Å². The van der Waals surface area contributed by atoms with Gasteiger partial charge in [0.1, 0.15) is 17.6 Å². The minimum absolute atomic E-state index is 0.287. The number of carbonyl (C=O) groups is 1. The summed E-state index contributed by atoms with van der Waals surface area (Å²) in [6.45, 7) is 1.81. The number of nitrogens with zero attached hydrogens (tertiary/aromatic N) is 2. The lowest BCUT2D eigenvalue weighted by Gasteiger charge is -2.26. The number of rotatable bonds is 4. The summed E-state index contributed by atoms with van der Waals surface area (Å²) in [6, 6.07) is 11.0. The minimum Gasteiger partial charge on any atom is -0.496 e. The van der Waals surface area contributed by atoms with Gasteiger partial charge in [-0.15, -0.1) is 0 Å². The molecule has 26 heavy (non-hydrogen) atoms. The molecule has 2 aromatic rings. The first-order valence-electron chi connectivity index (χ1n) is 8.34. The van der Waals surface area contributed by atoms with Crippen molar-refractivity contribution in [2.24, 2.45) is 0 Å². The van der Waals surface area contributed by atoms with Gasteiger partial charge in [0, 0.05) is 24.8 Å². The van der Waals surface area contributed by atoms with Crippen LogP contribution in [0.15, 0.2) is 30.3 Å². The Morgan fingerprint density at radius 2 is 2.00 bits per heavy atom. The van der Waals surface area contributed by atoms with Gasteiger partial charge in [-0.25, -0.2) is 0 Å². The Bertz CT molecular complexity index is 887. The lowest BCUT2D eigenvalue weighted by atomic mass is 9.98. The number of anilines is 1. The molecule has 6 heteroatoms. The zero-order chi connectivity index (χ0) is 18.7. The molecule has 0 aromatic heterocycles. The average Bonchev–Trinajstić information content (AvgIpc) is 2.66. The van der Waals surface area contributed by atoms with Gasteiger partial charge in [0.05, 0.1) is 25.3 Å². The third kappa shape index (κ3) is 3.35. The SMILES string of the molecule is COc1cc(OC)c(C(=O)Nc2cccc3c2CCN(C)C3)cc1C#N. The quantitative estimate of drug-likeness (QED) is 0.917. The Balaban J connectivity index is 1.94. The minimum atomic E-state index is -0.312. The van der Waals surface area contributed by atoms with Crippen LogP contribution in [0.1, 0.15) is 27.0 Å². The fourth-order valence-electron chi connectivity index (χ4n) is 3.22. The number of hydrogen-bond acceptors (Lipinski definition) is 5. The Morgan fingerprint density at radius 1 is 1.23 bits per heavy atom. The first-order valence-corrected chi connectivity index (χ1v) is 8.34. The fourth-order valence-corrected chi connectivity index (χ4v) is 3.22. The highest BCUT2D eigenvalue weighted by atomic mass is 16.5. The van der Waals surface area contributed by atoms with Crippen LogP contribution >= 0.6 is 0 Å². The lowest BCUT2D eigenvalue weighted by molar-refractivity contribution is 0.102. The standard InChI is InChI=1S/C20H21N3O3/c1-23-8-7-15-13(12-23)5-4-6-17(15)22-20(24)16-9-14(11-21)18(25-2)10-19(16)26-3/h4-6,9-10H,7-8,12H2,1-3H3,(H,22,24). The van der Waals surface area contributed by atoms with Crippen LogP contribution in [0, 0.1) is 11.3 Å². The zero-order valence-electron chi connectivity index (χ0n) is 15.1. The van der Waals surface area contributed by atoms with Gasteiger partial charge in [0.15, 0.2) is 0 Å². The van der Waals surface area contributed by atoms with Crippen molar-refractivity contribution in [2.45, 2.75) is 13.0 Å². The van der Waals surface area contributed by atoms with Crippen LogP contribution in [-0.4, -0.2) is 38.6 Å². The summed E-state index contributed by atoms with van der Waals surface area (Å²) in [4.78, 5) is 15.1. The highest BCUT2D eigenvalue weighted by Crippen LogP contribution is 2.31. The number of carbonyl (C=O) groups excluding carboxylic acids is 1. The van der Waals surface area contributed by atoms with E-state index in [4.69, 9.17) is 9.47 Å². The van der Waals surface area contributed by atoms with Gasteiger partial charge in [0.25, 0.3) is 5.91 Å². The van der Waals surface area contributed by atoms with Crippen molar-refractivity contribution < 1.29 is 14.3 Å². The molecule has 1 heterocycles. The highest BCUT2D eigenvalue weighted by molar-refractivity contribution is 6.07. The maximum Gasteiger partial charge on any atom is 0.259 e. The molecule has 1 aliphatic heterocycles. The van der Waals surface area contributed by atoms with E-state index in [0.717, 1.165) is 30.8 Å². The predicted molar refractivity (Wildman–Crippen MR) is 98.7 cm³/mol. The van der Waals surface area contributed by atoms with Crippen LogP contribution in [0.3, 0.4) is 0 Å². The summed E-state index contributed by atoms with van der Waals surface area (Å²) < 4.78 is 10.5. The normalized spacial score (nSPS) is 13.5. The molecule has 134 valence electrons. The molecule has 2 aromatic carbocycles. The van der Waals surface area contributed by atoms with Crippen molar-refractivity contribution in [1.29, 1.82) is 5.26 Å². The van der Waals surface area contributed by atoms with Crippen LogP contribution in [-0.2, 0) is 13.0 Å². The zero-order valence-corrected chi connectivity index (χ0v) is 15.1. The van der Waals surface area contributed by atoms with E-state index in [1.807, 2.05) is 18.2 Å². The molecule has 0 unspecified atom stereocenters. The van der Waals surface area contributed by atoms with Crippen molar-refractivity contribution in [1.82, 2.24) is 4.90 Å². The Hall–Kier alpha value is -3.04. The number of ether oxygens (including phenoxy) is 2. The van der Waals surface area contributed by atoms with Gasteiger partial charge in [-0.05, 0) is 36.7 Å². The molecule has 1 N–H and O–H groups in total. The number of hydrogen-bond donors (Lipinski definition) is 1. The van der Waals surface area contributed by atoms with E-state index < -0.39 is 0 Å². The second kappa shape index (κ2) is 7.46. The van der Waals surface area contributed by atoms with E-state index in [0.29, 0.717) is 17.1 Å². The summed E-state index contributed by atoms with van der Waals surface area (Å²) in [7, 11) is 5.04. The maximum absolute atomic E-state index is 12.9. The first kappa shape index (κ1) is 17.8. The van der Waals surface area contributed by atoms with Crippen LogP contribution < -0.4 is 14.8 Å². The van der Waals surface area contributed by atoms with Gasteiger partial charge in [-0.2, -0.15) is 5.26 Å². The Kier molecular flexibility index (Phi) is 5.10. The van der Waals surface area contributed by atoms with Crippen LogP contribution in [0.25, 0.3) is 0 Å². The number of amides is 1. The smallest absolute Gasteiger partial charge is 0.259 e. The fraction of sp³-hybridized carbons (Fsp3) is 0.300. The second-order valence-electron chi connectivity index (χ2n) is 6.25. The summed E-state index contributed by atoms with van der Waals surface area (Å²) >= 11 is 0. The van der Waals surface area contributed by atoms with Crippen LogP contribution in [0.4, 0.5) is 5.69 Å². The average molecular weight is 351 g/mol. The van der Waals surface area contributed by atoms with Gasteiger partial charge in [-0.1, -0.05) is 12.1 Å². The molecular weight excluding hydrogens is 330 g/mol. The molecular formula is C20H21N3O3. The molecule has 6 nitrogen and oxygen atoms in total. The number of nitrogens with one attached hydrogen (secondary N) is 1. The van der Waals surface area contributed by atoms with Gasteiger partial charge in [-0.3, -0.25) is 4.79 Å². The van der Waals surface area contributed by atoms with E-state index in [-0.39, 0.29) is 11.5 Å². The number of benzene rings is 2. The molecule has 1 aliphatic rings. The molecule has 0 aliphatic carbocycles. The highest BCUT2D eigenvalue weighted by Gasteiger charge is 2.20. The summed E-state index contributed by atoms with van der Waals surface area (Å²) in [5.41, 5.74) is 3.77. The van der Waals surface area contributed by atoms with E-state index in [2.05, 4.69) is 23.3 Å². The largest absolute Gasteiger partial charge is 0.496 e. The monoisotopic (exact) mass is 351 g/mol. The third-order valence-corrected chi connectivity index (χ3v) is 4.59. The Labute approximate surface area is 152 Å². The molecule has 0 saturated carbocycles. The number of likely N-dealkylation sites (N-methyl/N-ethyl adjacent to an activating group) is 1. The molecule has 1 amide bonds. The molecule has 0 bridgehead atoms. The van der Waals surface area contributed by atoms with Crippen molar-refractivity contribution in [3.8, 4) is 17.6 Å². The van der Waals surface area contributed by atoms with Crippen LogP contribution in [0.5, 0.6) is 11.5 Å². The number of nitriles is 1. The van der Waals surface area contributed by atoms with Gasteiger partial charge >= 0.3 is 0 Å². The van der Waals surface area contributed by atoms with Crippen molar-refractivity contribution in [3.05, 3.63) is 52.6 Å². The van der Waals surface area contributed by atoms with Gasteiger partial charge in [0.2, 0.25) is 0 Å². The molecule has 0 radical (unpaired) electrons. The molecule has 0 fully saturated rings. The molecule has 0 spiro atoms. The Morgan fingerprint density at radius 3 is 2.69 bits per heavy atom. The predicted octanol–water partition coefficient (Wildman–Crippen LogP) is 2.82. The van der Waals surface area contributed by atoms with Crippen molar-refractivity contribution >= 4 is 11.6 Å². The number of methoxy groups -OCH3 is 2. The van der Waals surface area contributed by atoms with Gasteiger partial charge < -0.3 is 19.7 Å². The molecule has 0 atom stereocenters. The maximum atomic E-state index is 12.9. The third-order valence-electron chi connectivity index (χ3n) is 4.59. The van der Waals surface area contributed by atoms with E-state index in [1.165, 1.54) is 25.8 Å². The van der Waals surface area contributed by atoms with Crippen molar-refractivity contribution in [3.63, 3.8) is 0 Å². The van der Waals surface area contributed by atoms with Crippen molar-refractivity contribution in [2.75, 3.05) is 33.1 Å². The van der Waals surface area contributed by atoms with E-state index in [1.54, 1.807) is 6.07 Å². The van der Waals surface area contributed by atoms with Crippen LogP contribution in [0.2, 0.25) is 0 Å². The van der Waals surface area contributed by atoms with E-state index >= 15 is 0 Å². The first-order chi connectivity index (χ1) is 12.6. The topological polar surface area (TPSA) is 74.6 Å².